The average molecular weight is 262 g/mol. The van der Waals surface area contributed by atoms with Crippen molar-refractivity contribution >= 4 is 5.78 Å². The van der Waals surface area contributed by atoms with Gasteiger partial charge in [0.1, 0.15) is 5.82 Å². The summed E-state index contributed by atoms with van der Waals surface area (Å²) in [5, 5.41) is 0. The fourth-order valence-electron chi connectivity index (χ4n) is 3.47. The summed E-state index contributed by atoms with van der Waals surface area (Å²) < 4.78 is 18.9. The second-order valence-electron chi connectivity index (χ2n) is 5.80. The van der Waals surface area contributed by atoms with E-state index in [1.54, 1.807) is 12.1 Å². The predicted octanol–water partition coefficient (Wildman–Crippen LogP) is 3.75. The monoisotopic (exact) mass is 262 g/mol. The third-order valence-corrected chi connectivity index (χ3v) is 4.51. The highest BCUT2D eigenvalue weighted by Gasteiger charge is 2.41. The summed E-state index contributed by atoms with van der Waals surface area (Å²) >= 11 is 0. The molecule has 0 radical (unpaired) electrons. The molecule has 2 fully saturated rings. The molecule has 19 heavy (non-hydrogen) atoms. The van der Waals surface area contributed by atoms with Crippen molar-refractivity contribution in [2.45, 2.75) is 44.1 Å². The van der Waals surface area contributed by atoms with Crippen LogP contribution in [0, 0.1) is 11.7 Å². The van der Waals surface area contributed by atoms with Gasteiger partial charge in [-0.05, 0) is 49.9 Å². The standard InChI is InChI=1S/C16H19FO2/c17-14-5-3-12(4-6-14)15(18)13-7-10-19-16(11-13)8-1-2-9-16/h3-6,13H,1-2,7-11H2. The van der Waals surface area contributed by atoms with Crippen LogP contribution in [0.15, 0.2) is 24.3 Å². The summed E-state index contributed by atoms with van der Waals surface area (Å²) in [7, 11) is 0. The predicted molar refractivity (Wildman–Crippen MR) is 70.6 cm³/mol. The molecule has 2 aliphatic rings. The van der Waals surface area contributed by atoms with E-state index in [2.05, 4.69) is 0 Å². The first-order valence-electron chi connectivity index (χ1n) is 7.12. The van der Waals surface area contributed by atoms with Crippen LogP contribution in [0.1, 0.15) is 48.9 Å². The van der Waals surface area contributed by atoms with Gasteiger partial charge in [0.25, 0.3) is 0 Å². The Balaban J connectivity index is 1.74. The van der Waals surface area contributed by atoms with Crippen molar-refractivity contribution in [3.05, 3.63) is 35.6 Å². The SMILES string of the molecule is O=C(c1ccc(F)cc1)C1CCOC2(CCCC2)C1. The van der Waals surface area contributed by atoms with E-state index in [0.29, 0.717) is 12.2 Å². The molecule has 0 N–H and O–H groups in total. The molecule has 1 aromatic carbocycles. The molecule has 0 bridgehead atoms. The van der Waals surface area contributed by atoms with E-state index in [9.17, 15) is 9.18 Å². The molecule has 2 nitrogen and oxygen atoms in total. The van der Waals surface area contributed by atoms with Gasteiger partial charge in [0.15, 0.2) is 5.78 Å². The van der Waals surface area contributed by atoms with Crippen LogP contribution in [-0.4, -0.2) is 18.0 Å². The van der Waals surface area contributed by atoms with Gasteiger partial charge in [-0.3, -0.25) is 4.79 Å². The third-order valence-electron chi connectivity index (χ3n) is 4.51. The van der Waals surface area contributed by atoms with Gasteiger partial charge in [0.05, 0.1) is 5.60 Å². The highest BCUT2D eigenvalue weighted by molar-refractivity contribution is 5.97. The molecule has 102 valence electrons. The summed E-state index contributed by atoms with van der Waals surface area (Å²) in [5.41, 5.74) is 0.583. The van der Waals surface area contributed by atoms with Crippen molar-refractivity contribution < 1.29 is 13.9 Å². The minimum absolute atomic E-state index is 0.0392. The van der Waals surface area contributed by atoms with Crippen molar-refractivity contribution in [2.24, 2.45) is 5.92 Å². The van der Waals surface area contributed by atoms with E-state index >= 15 is 0 Å². The molecule has 1 spiro atoms. The second-order valence-corrected chi connectivity index (χ2v) is 5.80. The fourth-order valence-corrected chi connectivity index (χ4v) is 3.47. The van der Waals surface area contributed by atoms with Gasteiger partial charge in [-0.2, -0.15) is 0 Å². The largest absolute Gasteiger partial charge is 0.375 e. The van der Waals surface area contributed by atoms with Crippen LogP contribution in [0.5, 0.6) is 0 Å². The Labute approximate surface area is 113 Å². The zero-order valence-electron chi connectivity index (χ0n) is 11.0. The molecule has 1 aliphatic heterocycles. The minimum Gasteiger partial charge on any atom is -0.375 e. The number of halogens is 1. The summed E-state index contributed by atoms with van der Waals surface area (Å²) in [6.45, 7) is 0.678. The van der Waals surface area contributed by atoms with Crippen LogP contribution in [0.3, 0.4) is 0 Å². The first kappa shape index (κ1) is 12.8. The van der Waals surface area contributed by atoms with Gasteiger partial charge in [-0.15, -0.1) is 0 Å². The maximum Gasteiger partial charge on any atom is 0.166 e. The zero-order chi connectivity index (χ0) is 13.3. The minimum atomic E-state index is -0.296. The molecule has 1 heterocycles. The molecule has 1 aliphatic carbocycles. The Morgan fingerprint density at radius 2 is 1.89 bits per heavy atom. The highest BCUT2D eigenvalue weighted by Crippen LogP contribution is 2.42. The van der Waals surface area contributed by atoms with E-state index in [1.807, 2.05) is 0 Å². The lowest BCUT2D eigenvalue weighted by molar-refractivity contribution is -0.0866. The van der Waals surface area contributed by atoms with E-state index in [-0.39, 0.29) is 23.1 Å². The quantitative estimate of drug-likeness (QED) is 0.759. The molecule has 0 amide bonds. The molecule has 1 unspecified atom stereocenters. The maximum atomic E-state index is 12.9. The molecule has 1 saturated carbocycles. The van der Waals surface area contributed by atoms with Crippen LogP contribution in [0.4, 0.5) is 4.39 Å². The average Bonchev–Trinajstić information content (AvgIpc) is 2.87. The van der Waals surface area contributed by atoms with Gasteiger partial charge >= 0.3 is 0 Å². The zero-order valence-corrected chi connectivity index (χ0v) is 11.0. The summed E-state index contributed by atoms with van der Waals surface area (Å²) in [4.78, 5) is 12.5. The van der Waals surface area contributed by atoms with Gasteiger partial charge in [0.2, 0.25) is 0 Å². The second kappa shape index (κ2) is 5.04. The Kier molecular flexibility index (Phi) is 3.40. The van der Waals surface area contributed by atoms with E-state index in [0.717, 1.165) is 25.7 Å². The smallest absolute Gasteiger partial charge is 0.166 e. The molecule has 3 rings (SSSR count). The number of ether oxygens (including phenoxy) is 1. The number of rotatable bonds is 2. The molecule has 1 saturated heterocycles. The summed E-state index contributed by atoms with van der Waals surface area (Å²) in [5.74, 6) is -0.109. The van der Waals surface area contributed by atoms with Crippen LogP contribution < -0.4 is 0 Å². The topological polar surface area (TPSA) is 26.3 Å². The third kappa shape index (κ3) is 2.57. The molecule has 0 aromatic heterocycles. The molecule has 1 aromatic rings. The molecular weight excluding hydrogens is 243 g/mol. The fraction of sp³-hybridized carbons (Fsp3) is 0.562. The number of hydrogen-bond donors (Lipinski definition) is 0. The van der Waals surface area contributed by atoms with Gasteiger partial charge in [-0.25, -0.2) is 4.39 Å². The first-order valence-corrected chi connectivity index (χ1v) is 7.12. The van der Waals surface area contributed by atoms with Crippen molar-refractivity contribution in [2.75, 3.05) is 6.61 Å². The van der Waals surface area contributed by atoms with E-state index < -0.39 is 0 Å². The van der Waals surface area contributed by atoms with E-state index in [1.165, 1.54) is 25.0 Å². The van der Waals surface area contributed by atoms with Crippen molar-refractivity contribution in [1.29, 1.82) is 0 Å². The van der Waals surface area contributed by atoms with Crippen LogP contribution in [0.2, 0.25) is 0 Å². The number of carbonyl (C=O) groups is 1. The van der Waals surface area contributed by atoms with Crippen LogP contribution >= 0.6 is 0 Å². The number of ketones is 1. The first-order chi connectivity index (χ1) is 9.19. The van der Waals surface area contributed by atoms with E-state index in [4.69, 9.17) is 4.74 Å². The molecule has 3 heteroatoms. The molecular formula is C16H19FO2. The number of carbonyl (C=O) groups excluding carboxylic acids is 1. The Morgan fingerprint density at radius 1 is 1.21 bits per heavy atom. The van der Waals surface area contributed by atoms with Gasteiger partial charge in [-0.1, -0.05) is 12.8 Å². The number of hydrogen-bond acceptors (Lipinski definition) is 2. The van der Waals surface area contributed by atoms with Gasteiger partial charge < -0.3 is 4.74 Å². The van der Waals surface area contributed by atoms with Crippen molar-refractivity contribution in [3.8, 4) is 0 Å². The molecule has 1 atom stereocenters. The lowest BCUT2D eigenvalue weighted by atomic mass is 9.81. The van der Waals surface area contributed by atoms with Crippen molar-refractivity contribution in [3.63, 3.8) is 0 Å². The number of Topliss-reactive ketones (excluding diaryl/α,β-unsaturated/α-hetero) is 1. The Hall–Kier alpha value is -1.22. The summed E-state index contributed by atoms with van der Waals surface area (Å²) in [6.07, 6.45) is 6.20. The van der Waals surface area contributed by atoms with Gasteiger partial charge in [0, 0.05) is 18.1 Å². The van der Waals surface area contributed by atoms with Crippen molar-refractivity contribution in [1.82, 2.24) is 0 Å². The lowest BCUT2D eigenvalue weighted by Crippen LogP contribution is -2.39. The number of benzene rings is 1. The Bertz CT molecular complexity index is 460. The Morgan fingerprint density at radius 3 is 2.58 bits per heavy atom. The normalized spacial score (nSPS) is 25.6. The summed E-state index contributed by atoms with van der Waals surface area (Å²) in [6, 6.07) is 5.90. The van der Waals surface area contributed by atoms with Crippen LogP contribution in [0.25, 0.3) is 0 Å². The lowest BCUT2D eigenvalue weighted by Gasteiger charge is -2.37. The van der Waals surface area contributed by atoms with Crippen LogP contribution in [-0.2, 0) is 4.74 Å². The maximum absolute atomic E-state index is 12.9. The highest BCUT2D eigenvalue weighted by atomic mass is 19.1.